The van der Waals surface area contributed by atoms with Crippen LogP contribution in [-0.2, 0) is 28.9 Å². The first-order valence-electron chi connectivity index (χ1n) is 13.2. The summed E-state index contributed by atoms with van der Waals surface area (Å²) < 4.78 is 49.0. The molecule has 0 aliphatic carbocycles. The summed E-state index contributed by atoms with van der Waals surface area (Å²) in [6.45, 7) is 7.26. The second-order valence-electron chi connectivity index (χ2n) is 10.9. The predicted molar refractivity (Wildman–Crippen MR) is 138 cm³/mol. The summed E-state index contributed by atoms with van der Waals surface area (Å²) in [4.78, 5) is 17.8. The highest BCUT2D eigenvalue weighted by Gasteiger charge is 2.34. The molecule has 2 aliphatic rings. The number of alkyl halides is 1. The van der Waals surface area contributed by atoms with Gasteiger partial charge in [-0.05, 0) is 33.6 Å². The maximum Gasteiger partial charge on any atom is 0.410 e. The number of pyridine rings is 1. The van der Waals surface area contributed by atoms with Gasteiger partial charge in [-0.1, -0.05) is 0 Å². The van der Waals surface area contributed by atoms with Gasteiger partial charge in [0.1, 0.15) is 11.8 Å². The van der Waals surface area contributed by atoms with E-state index in [4.69, 9.17) is 19.3 Å². The van der Waals surface area contributed by atoms with Crippen molar-refractivity contribution in [2.24, 2.45) is 5.92 Å². The van der Waals surface area contributed by atoms with E-state index in [-0.39, 0.29) is 18.3 Å². The Bertz CT molecular complexity index is 1330. The number of nitrogens with zero attached hydrogens (tertiary/aromatic N) is 6. The van der Waals surface area contributed by atoms with E-state index in [0.717, 1.165) is 22.5 Å². The van der Waals surface area contributed by atoms with E-state index < -0.39 is 23.7 Å². The average molecular weight is 545 g/mol. The summed E-state index contributed by atoms with van der Waals surface area (Å²) in [7, 11) is 1.37. The fourth-order valence-corrected chi connectivity index (χ4v) is 5.05. The minimum atomic E-state index is -1.19. The van der Waals surface area contributed by atoms with Crippen LogP contribution in [0.5, 0.6) is 5.88 Å². The molecule has 0 aromatic carbocycles. The molecule has 1 fully saturated rings. The molecule has 5 rings (SSSR count). The number of likely N-dealkylation sites (tertiary alicyclic amines) is 1. The van der Waals surface area contributed by atoms with E-state index in [2.05, 4.69) is 10.1 Å². The third-order valence-electron chi connectivity index (χ3n) is 6.96. The minimum absolute atomic E-state index is 0.00191. The predicted octanol–water partition coefficient (Wildman–Crippen LogP) is 3.99. The molecule has 2 aliphatic heterocycles. The van der Waals surface area contributed by atoms with Crippen LogP contribution in [0.25, 0.3) is 16.9 Å². The van der Waals surface area contributed by atoms with E-state index in [9.17, 15) is 9.18 Å². The Morgan fingerprint density at radius 2 is 2.03 bits per heavy atom. The van der Waals surface area contributed by atoms with Crippen molar-refractivity contribution in [1.82, 2.24) is 29.4 Å². The lowest BCUT2D eigenvalue weighted by Gasteiger charge is -2.35. The zero-order valence-electron chi connectivity index (χ0n) is 22.7. The summed E-state index contributed by atoms with van der Waals surface area (Å²) >= 11 is 0. The van der Waals surface area contributed by atoms with Crippen LogP contribution in [0.1, 0.15) is 38.4 Å². The number of hydrogen-bond donors (Lipinski definition) is 0. The average Bonchev–Trinajstić information content (AvgIpc) is 3.40. The highest BCUT2D eigenvalue weighted by molar-refractivity contribution is 5.68. The third kappa shape index (κ3) is 5.90. The van der Waals surface area contributed by atoms with Gasteiger partial charge in [-0.2, -0.15) is 10.2 Å². The number of methoxy groups -OCH3 is 1. The van der Waals surface area contributed by atoms with Gasteiger partial charge in [0.15, 0.2) is 5.82 Å². The molecule has 210 valence electrons. The van der Waals surface area contributed by atoms with Crippen LogP contribution in [-0.4, -0.2) is 80.7 Å². The lowest BCUT2D eigenvalue weighted by Crippen LogP contribution is -2.47. The van der Waals surface area contributed by atoms with Gasteiger partial charge in [-0.15, -0.1) is 0 Å². The van der Waals surface area contributed by atoms with Gasteiger partial charge in [-0.25, -0.2) is 23.2 Å². The number of carbonyl (C=O) groups is 1. The SMILES string of the molecule is COc1ncc(-n2nc(-c3cnn(C[C@H]4CCN(C(=O)OC(C)(C)C)C[C@H]4F)c3)c3c2CCOCC3)cc1F. The molecule has 12 heteroatoms. The summed E-state index contributed by atoms with van der Waals surface area (Å²) in [5.41, 5.74) is 3.32. The van der Waals surface area contributed by atoms with Crippen LogP contribution in [0, 0.1) is 11.7 Å². The molecule has 0 saturated carbocycles. The van der Waals surface area contributed by atoms with E-state index >= 15 is 4.39 Å². The first kappa shape index (κ1) is 27.0. The Labute approximate surface area is 225 Å². The number of ether oxygens (including phenoxy) is 3. The number of amides is 1. The monoisotopic (exact) mass is 544 g/mol. The number of aromatic nitrogens is 5. The molecule has 5 heterocycles. The van der Waals surface area contributed by atoms with Gasteiger partial charge in [0.2, 0.25) is 5.88 Å². The standard InChI is InChI=1S/C27H34F2N6O4/c1-27(2,3)39-26(36)33-8-5-17(22(29)16-33)14-34-15-18(12-31-34)24-20-6-9-38-10-7-23(20)35(32-24)19-11-21(28)25(37-4)30-13-19/h11-13,15,17,22H,5-10,14,16H2,1-4H3/t17-,22-/m1/s1. The van der Waals surface area contributed by atoms with Crippen molar-refractivity contribution >= 4 is 6.09 Å². The van der Waals surface area contributed by atoms with Crippen LogP contribution in [0.15, 0.2) is 24.7 Å². The van der Waals surface area contributed by atoms with Crippen molar-refractivity contribution < 1.29 is 27.8 Å². The van der Waals surface area contributed by atoms with Crippen LogP contribution in [0.4, 0.5) is 13.6 Å². The molecule has 0 N–H and O–H groups in total. The molecule has 1 saturated heterocycles. The molecule has 3 aromatic heterocycles. The topological polar surface area (TPSA) is 96.5 Å². The van der Waals surface area contributed by atoms with E-state index in [1.54, 1.807) is 36.3 Å². The van der Waals surface area contributed by atoms with E-state index in [0.29, 0.717) is 51.3 Å². The summed E-state index contributed by atoms with van der Waals surface area (Å²) in [6.07, 6.45) is 5.20. The van der Waals surface area contributed by atoms with E-state index in [1.807, 2.05) is 6.20 Å². The molecule has 2 atom stereocenters. The highest BCUT2D eigenvalue weighted by atomic mass is 19.1. The molecule has 1 amide bonds. The lowest BCUT2D eigenvalue weighted by molar-refractivity contribution is 0.00352. The van der Waals surface area contributed by atoms with Crippen LogP contribution < -0.4 is 4.74 Å². The van der Waals surface area contributed by atoms with Gasteiger partial charge in [0.05, 0.1) is 56.3 Å². The van der Waals surface area contributed by atoms with Gasteiger partial charge >= 0.3 is 6.09 Å². The Morgan fingerprint density at radius 1 is 1.23 bits per heavy atom. The smallest absolute Gasteiger partial charge is 0.410 e. The Balaban J connectivity index is 1.34. The Morgan fingerprint density at radius 3 is 2.74 bits per heavy atom. The molecule has 0 unspecified atom stereocenters. The van der Waals surface area contributed by atoms with Gasteiger partial charge in [0, 0.05) is 48.8 Å². The quantitative estimate of drug-likeness (QED) is 0.479. The fourth-order valence-electron chi connectivity index (χ4n) is 5.05. The van der Waals surface area contributed by atoms with Crippen LogP contribution in [0.3, 0.4) is 0 Å². The number of hydrogen-bond acceptors (Lipinski definition) is 7. The molecule has 10 nitrogen and oxygen atoms in total. The van der Waals surface area contributed by atoms with Crippen molar-refractivity contribution in [3.05, 3.63) is 41.7 Å². The van der Waals surface area contributed by atoms with Crippen molar-refractivity contribution in [1.29, 1.82) is 0 Å². The normalized spacial score (nSPS) is 19.9. The molecule has 0 bridgehead atoms. The van der Waals surface area contributed by atoms with Gasteiger partial charge in [0.25, 0.3) is 0 Å². The number of piperidine rings is 1. The van der Waals surface area contributed by atoms with Crippen molar-refractivity contribution in [2.45, 2.75) is 58.4 Å². The zero-order chi connectivity index (χ0) is 27.7. The minimum Gasteiger partial charge on any atom is -0.479 e. The molecular formula is C27H34F2N6O4. The van der Waals surface area contributed by atoms with Gasteiger partial charge < -0.3 is 19.1 Å². The molecular weight excluding hydrogens is 510 g/mol. The summed E-state index contributed by atoms with van der Waals surface area (Å²) in [6, 6.07) is 1.35. The molecule has 3 aromatic rings. The second kappa shape index (κ2) is 10.9. The Kier molecular flexibility index (Phi) is 7.57. The third-order valence-corrected chi connectivity index (χ3v) is 6.96. The molecule has 39 heavy (non-hydrogen) atoms. The van der Waals surface area contributed by atoms with Crippen molar-refractivity contribution in [3.8, 4) is 22.8 Å². The number of carbonyl (C=O) groups excluding carboxylic acids is 1. The maximum absolute atomic E-state index is 15.1. The van der Waals surface area contributed by atoms with Crippen molar-refractivity contribution in [2.75, 3.05) is 33.4 Å². The number of rotatable bonds is 5. The zero-order valence-corrected chi connectivity index (χ0v) is 22.7. The lowest BCUT2D eigenvalue weighted by atomic mass is 9.95. The van der Waals surface area contributed by atoms with E-state index in [1.165, 1.54) is 24.3 Å². The summed E-state index contributed by atoms with van der Waals surface area (Å²) in [5.74, 6) is -0.935. The number of halogens is 2. The largest absolute Gasteiger partial charge is 0.479 e. The Hall–Kier alpha value is -3.54. The first-order valence-corrected chi connectivity index (χ1v) is 13.2. The maximum atomic E-state index is 15.1. The fraction of sp³-hybridized carbons (Fsp3) is 0.556. The number of fused-ring (bicyclic) bond motifs is 1. The molecule has 0 radical (unpaired) electrons. The van der Waals surface area contributed by atoms with Crippen LogP contribution >= 0.6 is 0 Å². The summed E-state index contributed by atoms with van der Waals surface area (Å²) in [5, 5.41) is 9.32. The highest BCUT2D eigenvalue weighted by Crippen LogP contribution is 2.31. The molecule has 0 spiro atoms. The second-order valence-corrected chi connectivity index (χ2v) is 10.9. The van der Waals surface area contributed by atoms with Crippen molar-refractivity contribution in [3.63, 3.8) is 0 Å². The van der Waals surface area contributed by atoms with Gasteiger partial charge in [-0.3, -0.25) is 4.68 Å². The first-order chi connectivity index (χ1) is 18.6. The van der Waals surface area contributed by atoms with Crippen LogP contribution in [0.2, 0.25) is 0 Å².